The number of para-hydroxylation sites is 1. The minimum absolute atomic E-state index is 0.0290. The third-order valence-electron chi connectivity index (χ3n) is 4.99. The van der Waals surface area contributed by atoms with Crippen molar-refractivity contribution >= 4 is 50.5 Å². The average molecular weight is 455 g/mol. The van der Waals surface area contributed by atoms with Crippen molar-refractivity contribution in [3.05, 3.63) is 80.5 Å². The molecule has 142 valence electrons. The van der Waals surface area contributed by atoms with Crippen LogP contribution in [0.1, 0.15) is 22.7 Å². The van der Waals surface area contributed by atoms with Gasteiger partial charge in [-0.15, -0.1) is 0 Å². The fourth-order valence-corrected chi connectivity index (χ4v) is 4.67. The van der Waals surface area contributed by atoms with Crippen molar-refractivity contribution in [2.75, 3.05) is 16.3 Å². The third kappa shape index (κ3) is 3.27. The highest BCUT2D eigenvalue weighted by molar-refractivity contribution is 9.10. The topological polar surface area (TPSA) is 40.6 Å². The molecule has 1 atom stereocenters. The Balaban J connectivity index is 1.83. The Morgan fingerprint density at radius 3 is 2.29 bits per heavy atom. The highest BCUT2D eigenvalue weighted by Crippen LogP contribution is 2.37. The first-order valence-corrected chi connectivity index (χ1v) is 10.7. The molecule has 2 aromatic carbocycles. The number of rotatable bonds is 3. The standard InChI is InChI=1S/C22H19BrN2O2S/c1-14-4-3-5-15(2)20(14)24-12-19(26)25(18-8-6-17(23)7-9-18)21(22(24)27)16-10-11-28-13-16/h3-11,13,21H,12H2,1-2H3/t21-/m0/s1. The molecule has 0 spiro atoms. The van der Waals surface area contributed by atoms with Gasteiger partial charge in [-0.1, -0.05) is 34.1 Å². The van der Waals surface area contributed by atoms with Gasteiger partial charge < -0.3 is 4.90 Å². The van der Waals surface area contributed by atoms with E-state index in [9.17, 15) is 9.59 Å². The second-order valence-corrected chi connectivity index (χ2v) is 8.56. The number of aryl methyl sites for hydroxylation is 2. The molecule has 2 heterocycles. The molecule has 0 N–H and O–H groups in total. The van der Waals surface area contributed by atoms with Crippen LogP contribution in [-0.4, -0.2) is 18.4 Å². The Kier molecular flexibility index (Phi) is 5.08. The Bertz CT molecular complexity index is 1010. The molecule has 6 heteroatoms. The molecule has 1 saturated heterocycles. The summed E-state index contributed by atoms with van der Waals surface area (Å²) in [4.78, 5) is 30.2. The summed E-state index contributed by atoms with van der Waals surface area (Å²) < 4.78 is 0.927. The summed E-state index contributed by atoms with van der Waals surface area (Å²) in [7, 11) is 0. The Morgan fingerprint density at radius 1 is 1.00 bits per heavy atom. The molecule has 0 aliphatic carbocycles. The van der Waals surface area contributed by atoms with Gasteiger partial charge in [-0.3, -0.25) is 14.5 Å². The summed E-state index contributed by atoms with van der Waals surface area (Å²) in [6.45, 7) is 3.97. The van der Waals surface area contributed by atoms with Gasteiger partial charge in [0.15, 0.2) is 0 Å². The average Bonchev–Trinajstić information content (AvgIpc) is 3.19. The zero-order chi connectivity index (χ0) is 19.8. The summed E-state index contributed by atoms with van der Waals surface area (Å²) in [5.74, 6) is -0.181. The number of benzene rings is 2. The summed E-state index contributed by atoms with van der Waals surface area (Å²) in [6, 6.07) is 14.7. The Hall–Kier alpha value is -2.44. The summed E-state index contributed by atoms with van der Waals surface area (Å²) in [5, 5.41) is 3.88. The van der Waals surface area contributed by atoms with Crippen LogP contribution in [0.3, 0.4) is 0 Å². The van der Waals surface area contributed by atoms with Gasteiger partial charge in [-0.25, -0.2) is 0 Å². The van der Waals surface area contributed by atoms with Crippen molar-refractivity contribution in [1.82, 2.24) is 0 Å². The first-order chi connectivity index (χ1) is 13.5. The van der Waals surface area contributed by atoms with Gasteiger partial charge in [0.2, 0.25) is 5.91 Å². The van der Waals surface area contributed by atoms with E-state index < -0.39 is 6.04 Å². The highest BCUT2D eigenvalue weighted by atomic mass is 79.9. The number of anilines is 2. The molecule has 0 bridgehead atoms. The lowest BCUT2D eigenvalue weighted by atomic mass is 10.00. The number of carbonyl (C=O) groups excluding carboxylic acids is 2. The van der Waals surface area contributed by atoms with Crippen LogP contribution < -0.4 is 9.80 Å². The second kappa shape index (κ2) is 7.53. The largest absolute Gasteiger partial charge is 0.300 e. The summed E-state index contributed by atoms with van der Waals surface area (Å²) >= 11 is 4.95. The van der Waals surface area contributed by atoms with E-state index in [2.05, 4.69) is 15.9 Å². The van der Waals surface area contributed by atoms with Crippen LogP contribution in [0.5, 0.6) is 0 Å². The van der Waals surface area contributed by atoms with Gasteiger partial charge in [-0.2, -0.15) is 11.3 Å². The second-order valence-electron chi connectivity index (χ2n) is 6.86. The normalized spacial score (nSPS) is 17.3. The van der Waals surface area contributed by atoms with Crippen LogP contribution in [0.15, 0.2) is 63.8 Å². The molecule has 0 unspecified atom stereocenters. The fourth-order valence-electron chi connectivity index (χ4n) is 3.73. The molecule has 4 rings (SSSR count). The number of amides is 2. The number of nitrogens with zero attached hydrogens (tertiary/aromatic N) is 2. The molecule has 1 aliphatic heterocycles. The first-order valence-electron chi connectivity index (χ1n) is 8.94. The van der Waals surface area contributed by atoms with E-state index in [1.165, 1.54) is 11.3 Å². The number of piperazine rings is 1. The molecule has 3 aromatic rings. The van der Waals surface area contributed by atoms with Crippen LogP contribution in [0.25, 0.3) is 0 Å². The lowest BCUT2D eigenvalue weighted by Gasteiger charge is -2.41. The molecule has 2 amide bonds. The molecule has 28 heavy (non-hydrogen) atoms. The van der Waals surface area contributed by atoms with Gasteiger partial charge in [0.25, 0.3) is 5.91 Å². The lowest BCUT2D eigenvalue weighted by Crippen LogP contribution is -2.56. The van der Waals surface area contributed by atoms with Crippen molar-refractivity contribution in [3.63, 3.8) is 0 Å². The minimum atomic E-state index is -0.673. The van der Waals surface area contributed by atoms with E-state index in [1.54, 1.807) is 9.80 Å². The number of halogens is 1. The van der Waals surface area contributed by atoms with Crippen molar-refractivity contribution in [2.45, 2.75) is 19.9 Å². The van der Waals surface area contributed by atoms with Crippen LogP contribution >= 0.6 is 27.3 Å². The zero-order valence-electron chi connectivity index (χ0n) is 15.6. The Labute approximate surface area is 176 Å². The summed E-state index contributed by atoms with van der Waals surface area (Å²) in [6.07, 6.45) is 0. The maximum absolute atomic E-state index is 13.7. The van der Waals surface area contributed by atoms with Gasteiger partial charge in [0.05, 0.1) is 5.69 Å². The molecule has 1 fully saturated rings. The first kappa shape index (κ1) is 18.9. The SMILES string of the molecule is Cc1cccc(C)c1N1CC(=O)N(c2ccc(Br)cc2)[C@@H](c2ccsc2)C1=O. The van der Waals surface area contributed by atoms with Crippen LogP contribution in [0, 0.1) is 13.8 Å². The number of thiophene rings is 1. The summed E-state index contributed by atoms with van der Waals surface area (Å²) in [5.41, 5.74) is 4.36. The van der Waals surface area contributed by atoms with Crippen LogP contribution in [0.4, 0.5) is 11.4 Å². The van der Waals surface area contributed by atoms with Crippen LogP contribution in [0.2, 0.25) is 0 Å². The van der Waals surface area contributed by atoms with E-state index in [1.807, 2.05) is 73.1 Å². The third-order valence-corrected chi connectivity index (χ3v) is 6.22. The highest BCUT2D eigenvalue weighted by Gasteiger charge is 2.42. The lowest BCUT2D eigenvalue weighted by molar-refractivity contribution is -0.128. The van der Waals surface area contributed by atoms with E-state index in [4.69, 9.17) is 0 Å². The van der Waals surface area contributed by atoms with E-state index in [-0.39, 0.29) is 18.4 Å². The fraction of sp³-hybridized carbons (Fsp3) is 0.182. The van der Waals surface area contributed by atoms with Crippen molar-refractivity contribution < 1.29 is 9.59 Å². The predicted octanol–water partition coefficient (Wildman–Crippen LogP) is 5.25. The van der Waals surface area contributed by atoms with Gasteiger partial charge in [-0.05, 0) is 71.6 Å². The van der Waals surface area contributed by atoms with Crippen molar-refractivity contribution in [1.29, 1.82) is 0 Å². The molecule has 4 nitrogen and oxygen atoms in total. The zero-order valence-corrected chi connectivity index (χ0v) is 18.0. The maximum Gasteiger partial charge on any atom is 0.255 e. The van der Waals surface area contributed by atoms with Crippen molar-refractivity contribution in [3.8, 4) is 0 Å². The Morgan fingerprint density at radius 2 is 1.68 bits per heavy atom. The maximum atomic E-state index is 13.7. The monoisotopic (exact) mass is 454 g/mol. The van der Waals surface area contributed by atoms with E-state index in [0.717, 1.165) is 32.5 Å². The van der Waals surface area contributed by atoms with E-state index >= 15 is 0 Å². The van der Waals surface area contributed by atoms with E-state index in [0.29, 0.717) is 0 Å². The molecular weight excluding hydrogens is 436 g/mol. The van der Waals surface area contributed by atoms with Gasteiger partial charge in [0.1, 0.15) is 12.6 Å². The quantitative estimate of drug-likeness (QED) is 0.542. The number of hydrogen-bond donors (Lipinski definition) is 0. The number of hydrogen-bond acceptors (Lipinski definition) is 3. The van der Waals surface area contributed by atoms with Gasteiger partial charge >= 0.3 is 0 Å². The molecule has 1 aromatic heterocycles. The smallest absolute Gasteiger partial charge is 0.255 e. The van der Waals surface area contributed by atoms with Gasteiger partial charge in [0, 0.05) is 10.2 Å². The minimum Gasteiger partial charge on any atom is -0.300 e. The molecule has 1 aliphatic rings. The predicted molar refractivity (Wildman–Crippen MR) is 117 cm³/mol. The molecular formula is C22H19BrN2O2S. The van der Waals surface area contributed by atoms with Crippen molar-refractivity contribution in [2.24, 2.45) is 0 Å². The van der Waals surface area contributed by atoms with Crippen LogP contribution in [-0.2, 0) is 9.59 Å². The number of carbonyl (C=O) groups is 2. The molecule has 0 radical (unpaired) electrons. The molecule has 0 saturated carbocycles.